The number of unbranched alkanes of at least 4 members (excludes halogenated alkanes) is 1. The summed E-state index contributed by atoms with van der Waals surface area (Å²) in [5.74, 6) is 1.31. The van der Waals surface area contributed by atoms with Crippen LogP contribution in [0.2, 0.25) is 43.8 Å². The molecule has 0 saturated heterocycles. The molecule has 2 aromatic rings. The summed E-state index contributed by atoms with van der Waals surface area (Å²) in [5, 5.41) is 7.97. The highest BCUT2D eigenvalue weighted by atomic mass is 28.4. The Morgan fingerprint density at radius 1 is 0.938 bits per heavy atom. The lowest BCUT2D eigenvalue weighted by Gasteiger charge is -2.36. The largest absolute Gasteiger partial charge is 0.450 e. The van der Waals surface area contributed by atoms with Crippen LogP contribution in [0.5, 0.6) is 0 Å². The van der Waals surface area contributed by atoms with Gasteiger partial charge in [-0.1, -0.05) is 64.7 Å². The maximum Gasteiger partial charge on any atom is 0.407 e. The molecule has 2 aliphatic rings. The van der Waals surface area contributed by atoms with E-state index in [1.165, 1.54) is 0 Å². The lowest BCUT2D eigenvalue weighted by molar-refractivity contribution is -0.122. The Morgan fingerprint density at radius 3 is 2.10 bits per heavy atom. The minimum Gasteiger partial charge on any atom is -0.450 e. The molecule has 48 heavy (non-hydrogen) atoms. The SMILES string of the molecule is Cc1nn(COCC[Si](C)(C)C)c(C)c1-c1ccc(CC(=O)[C@@H](NC(=O)OCCCCO[Si](C)(C)C(C)(C)C)C(C2CC2)C2CC2)cc1. The van der Waals surface area contributed by atoms with Crippen LogP contribution in [-0.2, 0) is 31.8 Å². The van der Waals surface area contributed by atoms with Crippen molar-refractivity contribution < 1.29 is 23.5 Å². The Kier molecular flexibility index (Phi) is 13.0. The molecule has 0 radical (unpaired) electrons. The topological polar surface area (TPSA) is 91.7 Å². The molecule has 0 aliphatic heterocycles. The Hall–Kier alpha value is -2.28. The van der Waals surface area contributed by atoms with E-state index in [0.717, 1.165) is 79.3 Å². The zero-order valence-electron chi connectivity index (χ0n) is 31.5. The predicted molar refractivity (Wildman–Crippen MR) is 200 cm³/mol. The summed E-state index contributed by atoms with van der Waals surface area (Å²) < 4.78 is 19.8. The number of carbonyl (C=O) groups is 2. The first-order valence-corrected chi connectivity index (χ1v) is 24.9. The van der Waals surface area contributed by atoms with Crippen LogP contribution in [0.4, 0.5) is 4.79 Å². The number of hydrogen-bond donors (Lipinski definition) is 1. The molecule has 1 amide bonds. The van der Waals surface area contributed by atoms with E-state index < -0.39 is 28.5 Å². The van der Waals surface area contributed by atoms with E-state index in [9.17, 15) is 9.59 Å². The maximum atomic E-state index is 13.9. The zero-order valence-corrected chi connectivity index (χ0v) is 33.5. The second kappa shape index (κ2) is 16.2. The number of amides is 1. The third kappa shape index (κ3) is 11.1. The second-order valence-electron chi connectivity index (χ2n) is 17.1. The van der Waals surface area contributed by atoms with Gasteiger partial charge in [-0.2, -0.15) is 5.10 Å². The molecule has 1 heterocycles. The van der Waals surface area contributed by atoms with Crippen molar-refractivity contribution in [3.63, 3.8) is 0 Å². The van der Waals surface area contributed by atoms with Gasteiger partial charge in [0.1, 0.15) is 6.73 Å². The molecule has 4 rings (SSSR count). The number of benzene rings is 1. The first kappa shape index (κ1) is 38.5. The van der Waals surface area contributed by atoms with Gasteiger partial charge in [0.2, 0.25) is 0 Å². The minimum atomic E-state index is -1.78. The number of ketones is 1. The van der Waals surface area contributed by atoms with Crippen LogP contribution in [0.25, 0.3) is 11.1 Å². The Balaban J connectivity index is 1.33. The lowest BCUT2D eigenvalue weighted by Crippen LogP contribution is -2.48. The summed E-state index contributed by atoms with van der Waals surface area (Å²) in [6, 6.07) is 8.87. The highest BCUT2D eigenvalue weighted by Gasteiger charge is 2.48. The van der Waals surface area contributed by atoms with Gasteiger partial charge in [0.05, 0.1) is 18.3 Å². The average molecular weight is 698 g/mol. The van der Waals surface area contributed by atoms with E-state index in [2.05, 4.69) is 77.9 Å². The van der Waals surface area contributed by atoms with Crippen molar-refractivity contribution in [3.05, 3.63) is 41.2 Å². The molecule has 10 heteroatoms. The van der Waals surface area contributed by atoms with E-state index in [4.69, 9.17) is 19.0 Å². The number of nitrogens with one attached hydrogen (secondary N) is 1. The monoisotopic (exact) mass is 697 g/mol. The van der Waals surface area contributed by atoms with Crippen LogP contribution in [0, 0.1) is 31.6 Å². The molecule has 2 aliphatic carbocycles. The highest BCUT2D eigenvalue weighted by molar-refractivity contribution is 6.76. The quantitative estimate of drug-likeness (QED) is 0.116. The van der Waals surface area contributed by atoms with Crippen LogP contribution in [-0.4, -0.2) is 63.9 Å². The standard InChI is InChI=1S/C38H63N3O5Si2/c1-27-34(28(2)41(40-27)26-44-23-24-47(6,7)8)30-15-13-29(14-16-30)25-33(42)36(35(31-17-18-31)32-19-20-32)39-37(43)45-21-11-12-22-46-48(9,10)38(3,4)5/h13-16,31-32,35-36H,11-12,17-26H2,1-10H3,(H,39,43)/t36-/m1/s1. The van der Waals surface area contributed by atoms with Crippen molar-refractivity contribution in [1.82, 2.24) is 15.1 Å². The van der Waals surface area contributed by atoms with E-state index >= 15 is 0 Å². The van der Waals surface area contributed by atoms with Gasteiger partial charge < -0.3 is 19.2 Å². The first-order valence-electron chi connectivity index (χ1n) is 18.3. The van der Waals surface area contributed by atoms with Crippen molar-refractivity contribution in [1.29, 1.82) is 0 Å². The molecular formula is C38H63N3O5Si2. The van der Waals surface area contributed by atoms with E-state index in [1.54, 1.807) is 0 Å². The van der Waals surface area contributed by atoms with E-state index in [0.29, 0.717) is 31.8 Å². The van der Waals surface area contributed by atoms with Crippen LogP contribution < -0.4 is 5.32 Å². The molecule has 0 bridgehead atoms. The lowest BCUT2D eigenvalue weighted by atomic mass is 9.85. The highest BCUT2D eigenvalue weighted by Crippen LogP contribution is 2.51. The fourth-order valence-electron chi connectivity index (χ4n) is 6.23. The van der Waals surface area contributed by atoms with Crippen LogP contribution in [0.1, 0.15) is 76.2 Å². The molecule has 1 aromatic heterocycles. The molecule has 8 nitrogen and oxygen atoms in total. The van der Waals surface area contributed by atoms with Gasteiger partial charge >= 0.3 is 6.09 Å². The summed E-state index contributed by atoms with van der Waals surface area (Å²) in [7, 11) is -2.92. The van der Waals surface area contributed by atoms with Gasteiger partial charge in [-0.15, -0.1) is 0 Å². The third-order valence-electron chi connectivity index (χ3n) is 10.6. The molecule has 1 N–H and O–H groups in total. The first-order chi connectivity index (χ1) is 22.5. The van der Waals surface area contributed by atoms with Gasteiger partial charge in [0.15, 0.2) is 14.1 Å². The molecule has 2 saturated carbocycles. The molecule has 1 aromatic carbocycles. The minimum absolute atomic E-state index is 0.0712. The fraction of sp³-hybridized carbons (Fsp3) is 0.711. The molecule has 1 atom stereocenters. The Morgan fingerprint density at radius 2 is 1.54 bits per heavy atom. The number of alkyl carbamates (subject to hydrolysis) is 1. The van der Waals surface area contributed by atoms with Gasteiger partial charge in [-0.3, -0.25) is 4.79 Å². The number of aromatic nitrogens is 2. The normalized spacial score (nSPS) is 16.3. The summed E-state index contributed by atoms with van der Waals surface area (Å²) in [5.41, 5.74) is 5.18. The molecule has 0 unspecified atom stereocenters. The second-order valence-corrected chi connectivity index (χ2v) is 27.5. The van der Waals surface area contributed by atoms with Gasteiger partial charge in [-0.25, -0.2) is 9.48 Å². The van der Waals surface area contributed by atoms with Gasteiger partial charge in [0.25, 0.3) is 0 Å². The number of Topliss-reactive ketones (excluding diaryl/α,β-unsaturated/α-hetero) is 1. The van der Waals surface area contributed by atoms with Crippen molar-refractivity contribution in [3.8, 4) is 11.1 Å². The molecule has 0 spiro atoms. The maximum absolute atomic E-state index is 13.9. The van der Waals surface area contributed by atoms with Gasteiger partial charge in [0, 0.05) is 39.0 Å². The number of hydrogen-bond acceptors (Lipinski definition) is 6. The van der Waals surface area contributed by atoms with Crippen LogP contribution >= 0.6 is 0 Å². The average Bonchev–Trinajstić information content (AvgIpc) is 3.92. The smallest absolute Gasteiger partial charge is 0.407 e. The van der Waals surface area contributed by atoms with Crippen molar-refractivity contribution in [2.24, 2.45) is 17.8 Å². The number of nitrogens with zero attached hydrogens (tertiary/aromatic N) is 2. The van der Waals surface area contributed by atoms with Crippen LogP contribution in [0.15, 0.2) is 24.3 Å². The predicted octanol–water partition coefficient (Wildman–Crippen LogP) is 8.92. The fourth-order valence-corrected chi connectivity index (χ4v) is 8.08. The molecule has 2 fully saturated rings. The van der Waals surface area contributed by atoms with Crippen molar-refractivity contribution >= 4 is 28.3 Å². The van der Waals surface area contributed by atoms with Crippen molar-refractivity contribution in [2.75, 3.05) is 19.8 Å². The van der Waals surface area contributed by atoms with Gasteiger partial charge in [-0.05, 0) is 105 Å². The number of aryl methyl sites for hydroxylation is 1. The Bertz CT molecular complexity index is 1360. The van der Waals surface area contributed by atoms with E-state index in [1.807, 2.05) is 23.7 Å². The van der Waals surface area contributed by atoms with E-state index in [-0.39, 0.29) is 23.2 Å². The van der Waals surface area contributed by atoms with Crippen molar-refractivity contribution in [2.45, 2.75) is 136 Å². The summed E-state index contributed by atoms with van der Waals surface area (Å²) in [4.78, 5) is 26.9. The number of ether oxygens (including phenoxy) is 2. The number of rotatable bonds is 19. The Labute approximate surface area is 292 Å². The molecular weight excluding hydrogens is 635 g/mol. The number of carbonyl (C=O) groups excluding carboxylic acids is 2. The van der Waals surface area contributed by atoms with Crippen LogP contribution in [0.3, 0.4) is 0 Å². The third-order valence-corrected chi connectivity index (χ3v) is 16.8. The summed E-state index contributed by atoms with van der Waals surface area (Å²) in [6.07, 6.45) is 5.95. The molecule has 268 valence electrons. The summed E-state index contributed by atoms with van der Waals surface area (Å²) >= 11 is 0. The summed E-state index contributed by atoms with van der Waals surface area (Å²) in [6.45, 7) is 24.6. The zero-order chi connectivity index (χ0) is 35.3.